The van der Waals surface area contributed by atoms with Crippen molar-refractivity contribution < 1.29 is 23.1 Å². The quantitative estimate of drug-likeness (QED) is 0.823. The van der Waals surface area contributed by atoms with Crippen LogP contribution < -0.4 is 0 Å². The van der Waals surface area contributed by atoms with Gasteiger partial charge < -0.3 is 5.11 Å². The van der Waals surface area contributed by atoms with Gasteiger partial charge in [0.25, 0.3) is 11.6 Å². The Bertz CT molecular complexity index is 489. The maximum atomic E-state index is 12.7. The van der Waals surface area contributed by atoms with E-state index in [0.717, 1.165) is 6.21 Å². The smallest absolute Gasteiger partial charge is 0.362 e. The van der Waals surface area contributed by atoms with Gasteiger partial charge in [0.2, 0.25) is 0 Å². The van der Waals surface area contributed by atoms with Crippen molar-refractivity contribution in [2.45, 2.75) is 18.3 Å². The Hall–Kier alpha value is -1.96. The Morgan fingerprint density at radius 1 is 1.39 bits per heavy atom. The summed E-state index contributed by atoms with van der Waals surface area (Å²) >= 11 is 0. The minimum atomic E-state index is -4.98. The molecule has 0 bridgehead atoms. The highest BCUT2D eigenvalue weighted by Crippen LogP contribution is 2.39. The first kappa shape index (κ1) is 12.5. The number of aliphatic hydroxyl groups is 1. The highest BCUT2D eigenvalue weighted by atomic mass is 19.4. The van der Waals surface area contributed by atoms with Gasteiger partial charge in [-0.1, -0.05) is 0 Å². The summed E-state index contributed by atoms with van der Waals surface area (Å²) in [6.45, 7) is 0. The molecule has 0 saturated carbocycles. The van der Waals surface area contributed by atoms with Crippen molar-refractivity contribution in [2.75, 3.05) is 0 Å². The number of hydrogen-bond acceptors (Lipinski definition) is 4. The number of amides is 1. The Kier molecular flexibility index (Phi) is 2.81. The standard InChI is InChI=1S/C10H8F3N3O2/c11-10(12,13)9(18)3-6-15-16(9)8(17)7-1-4-14-5-2-7/h1-2,4-6,18H,3H2/t9-/m0/s1. The predicted octanol–water partition coefficient (Wildman–Crippen LogP) is 1.16. The third-order valence-electron chi connectivity index (χ3n) is 2.50. The average molecular weight is 259 g/mol. The number of pyridine rings is 1. The third kappa shape index (κ3) is 1.84. The van der Waals surface area contributed by atoms with Crippen LogP contribution in [0.25, 0.3) is 0 Å². The Balaban J connectivity index is 2.34. The van der Waals surface area contributed by atoms with Crippen LogP contribution in [0.3, 0.4) is 0 Å². The molecule has 1 aromatic heterocycles. The zero-order valence-electron chi connectivity index (χ0n) is 8.92. The molecule has 1 N–H and O–H groups in total. The van der Waals surface area contributed by atoms with Gasteiger partial charge in [-0.15, -0.1) is 0 Å². The summed E-state index contributed by atoms with van der Waals surface area (Å²) in [6, 6.07) is 2.49. The molecule has 1 aromatic rings. The molecule has 96 valence electrons. The molecule has 5 nitrogen and oxygen atoms in total. The number of hydrogen-bond donors (Lipinski definition) is 1. The number of carbonyl (C=O) groups is 1. The van der Waals surface area contributed by atoms with Gasteiger partial charge in [0.05, 0.1) is 0 Å². The summed E-state index contributed by atoms with van der Waals surface area (Å²) < 4.78 is 38.2. The maximum Gasteiger partial charge on any atom is 0.438 e. The molecule has 0 spiro atoms. The van der Waals surface area contributed by atoms with Crippen LogP contribution >= 0.6 is 0 Å². The first-order chi connectivity index (χ1) is 8.36. The van der Waals surface area contributed by atoms with Crippen molar-refractivity contribution in [1.29, 1.82) is 0 Å². The molecule has 0 aliphatic carbocycles. The largest absolute Gasteiger partial charge is 0.438 e. The fourth-order valence-corrected chi connectivity index (χ4v) is 1.50. The molecule has 2 rings (SSSR count). The molecule has 0 radical (unpaired) electrons. The molecule has 1 aliphatic rings. The van der Waals surface area contributed by atoms with E-state index in [0.29, 0.717) is 0 Å². The number of hydrazone groups is 1. The molecule has 2 heterocycles. The second kappa shape index (κ2) is 4.05. The summed E-state index contributed by atoms with van der Waals surface area (Å²) in [5.74, 6) is -1.04. The van der Waals surface area contributed by atoms with Gasteiger partial charge in [0, 0.05) is 30.6 Å². The van der Waals surface area contributed by atoms with Crippen LogP contribution in [0.4, 0.5) is 13.2 Å². The van der Waals surface area contributed by atoms with Gasteiger partial charge >= 0.3 is 6.18 Å². The second-order valence-corrected chi connectivity index (χ2v) is 3.67. The zero-order valence-corrected chi connectivity index (χ0v) is 8.92. The lowest BCUT2D eigenvalue weighted by Crippen LogP contribution is -2.56. The van der Waals surface area contributed by atoms with E-state index in [2.05, 4.69) is 10.1 Å². The molecular formula is C10H8F3N3O2. The van der Waals surface area contributed by atoms with Crippen LogP contribution in [0.5, 0.6) is 0 Å². The van der Waals surface area contributed by atoms with Crippen LogP contribution in [0.2, 0.25) is 0 Å². The van der Waals surface area contributed by atoms with Crippen molar-refractivity contribution in [2.24, 2.45) is 5.10 Å². The van der Waals surface area contributed by atoms with E-state index in [9.17, 15) is 23.1 Å². The van der Waals surface area contributed by atoms with Gasteiger partial charge in [-0.05, 0) is 12.1 Å². The minimum Gasteiger partial charge on any atom is -0.362 e. The van der Waals surface area contributed by atoms with Crippen molar-refractivity contribution in [3.8, 4) is 0 Å². The molecule has 0 unspecified atom stereocenters. The number of nitrogens with zero attached hydrogens (tertiary/aromatic N) is 3. The Labute approximate surface area is 99.5 Å². The van der Waals surface area contributed by atoms with Crippen molar-refractivity contribution in [3.05, 3.63) is 30.1 Å². The first-order valence-electron chi connectivity index (χ1n) is 4.92. The highest BCUT2D eigenvalue weighted by molar-refractivity contribution is 5.95. The van der Waals surface area contributed by atoms with Crippen LogP contribution in [-0.2, 0) is 0 Å². The van der Waals surface area contributed by atoms with E-state index in [1.165, 1.54) is 24.5 Å². The summed E-state index contributed by atoms with van der Waals surface area (Å²) in [6.07, 6.45) is -2.38. The van der Waals surface area contributed by atoms with Gasteiger partial charge in [0.15, 0.2) is 0 Å². The van der Waals surface area contributed by atoms with Crippen molar-refractivity contribution in [3.63, 3.8) is 0 Å². The summed E-state index contributed by atoms with van der Waals surface area (Å²) in [7, 11) is 0. The molecule has 1 atom stereocenters. The fraction of sp³-hybridized carbons (Fsp3) is 0.300. The fourth-order valence-electron chi connectivity index (χ4n) is 1.50. The number of rotatable bonds is 1. The summed E-state index contributed by atoms with van der Waals surface area (Å²) in [5, 5.41) is 12.9. The summed E-state index contributed by atoms with van der Waals surface area (Å²) in [5.41, 5.74) is -3.32. The molecule has 8 heteroatoms. The van der Waals surface area contributed by atoms with Crippen molar-refractivity contribution in [1.82, 2.24) is 9.99 Å². The summed E-state index contributed by atoms with van der Waals surface area (Å²) in [4.78, 5) is 15.5. The van der Waals surface area contributed by atoms with Gasteiger partial charge in [-0.2, -0.15) is 23.3 Å². The number of alkyl halides is 3. The lowest BCUT2D eigenvalue weighted by atomic mass is 10.1. The SMILES string of the molecule is O=C(c1ccncc1)N1N=CC[C@]1(O)C(F)(F)F. The van der Waals surface area contributed by atoms with Crippen LogP contribution in [-0.4, -0.2) is 39.1 Å². The van der Waals surface area contributed by atoms with Gasteiger partial charge in [-0.3, -0.25) is 9.78 Å². The highest BCUT2D eigenvalue weighted by Gasteiger charge is 2.61. The monoisotopic (exact) mass is 259 g/mol. The lowest BCUT2D eigenvalue weighted by Gasteiger charge is -2.32. The van der Waals surface area contributed by atoms with E-state index in [1.807, 2.05) is 0 Å². The van der Waals surface area contributed by atoms with Crippen LogP contribution in [0.1, 0.15) is 16.8 Å². The molecule has 0 saturated heterocycles. The van der Waals surface area contributed by atoms with Gasteiger partial charge in [-0.25, -0.2) is 0 Å². The van der Waals surface area contributed by atoms with E-state index in [-0.39, 0.29) is 10.6 Å². The predicted molar refractivity (Wildman–Crippen MR) is 54.5 cm³/mol. The molecule has 0 aromatic carbocycles. The number of carbonyl (C=O) groups excluding carboxylic acids is 1. The zero-order chi connectivity index (χ0) is 13.4. The number of halogens is 3. The molecule has 0 fully saturated rings. The molecular weight excluding hydrogens is 251 g/mol. The van der Waals surface area contributed by atoms with E-state index in [4.69, 9.17) is 0 Å². The van der Waals surface area contributed by atoms with E-state index >= 15 is 0 Å². The van der Waals surface area contributed by atoms with Crippen LogP contribution in [0.15, 0.2) is 29.6 Å². The first-order valence-corrected chi connectivity index (χ1v) is 4.92. The van der Waals surface area contributed by atoms with E-state index < -0.39 is 24.2 Å². The topological polar surface area (TPSA) is 65.8 Å². The normalized spacial score (nSPS) is 23.4. The third-order valence-corrected chi connectivity index (χ3v) is 2.50. The van der Waals surface area contributed by atoms with Gasteiger partial charge in [0.1, 0.15) is 0 Å². The second-order valence-electron chi connectivity index (χ2n) is 3.67. The van der Waals surface area contributed by atoms with E-state index in [1.54, 1.807) is 0 Å². The number of aromatic nitrogens is 1. The lowest BCUT2D eigenvalue weighted by molar-refractivity contribution is -0.297. The maximum absolute atomic E-state index is 12.7. The Morgan fingerprint density at radius 2 is 2.00 bits per heavy atom. The molecule has 18 heavy (non-hydrogen) atoms. The molecule has 1 aliphatic heterocycles. The Morgan fingerprint density at radius 3 is 2.56 bits per heavy atom. The van der Waals surface area contributed by atoms with Crippen LogP contribution in [0, 0.1) is 0 Å². The molecule has 1 amide bonds. The average Bonchev–Trinajstić information content (AvgIpc) is 2.72. The van der Waals surface area contributed by atoms with Crippen molar-refractivity contribution >= 4 is 12.1 Å². The minimum absolute atomic E-state index is 0.0354.